The molecule has 0 fully saturated rings. The van der Waals surface area contributed by atoms with E-state index < -0.39 is 5.97 Å². The quantitative estimate of drug-likeness (QED) is 0.479. The number of carboxylic acid groups (broad SMARTS) is 1. The molecular formula is C4H7O2. The molecule has 0 saturated carbocycles. The number of rotatable bonds is 1. The van der Waals surface area contributed by atoms with Gasteiger partial charge in [0, 0.05) is 7.00 Å². The van der Waals surface area contributed by atoms with Crippen LogP contribution in [0.25, 0.3) is 0 Å². The Morgan fingerprint density at radius 2 is 2.17 bits per heavy atom. The molecule has 0 spiro atoms. The zero-order chi connectivity index (χ0) is 5.15. The average Bonchev–Trinajstić information content (AvgIpc) is 1.36. The van der Waals surface area contributed by atoms with Gasteiger partial charge in [-0.3, -0.25) is 0 Å². The van der Waals surface area contributed by atoms with Crippen LogP contribution < -0.4 is 0 Å². The molecule has 0 bridgehead atoms. The van der Waals surface area contributed by atoms with Crippen molar-refractivity contribution in [1.82, 2.24) is 0 Å². The van der Waals surface area contributed by atoms with Gasteiger partial charge in [-0.05, 0) is 6.92 Å². The molecule has 0 aromatic heterocycles. The van der Waals surface area contributed by atoms with E-state index in [0.29, 0.717) is 0 Å². The van der Waals surface area contributed by atoms with E-state index in [2.05, 4.69) is 6.58 Å². The second-order valence-corrected chi connectivity index (χ2v) is 1.09. The predicted octanol–water partition coefficient (Wildman–Crippen LogP) is 0.760. The van der Waals surface area contributed by atoms with E-state index in [1.54, 1.807) is 0 Å². The van der Waals surface area contributed by atoms with Gasteiger partial charge >= 0.3 is 5.97 Å². The molecule has 0 heterocycles. The largest absolute Gasteiger partial charge is 0.478 e. The molecule has 2 heteroatoms. The van der Waals surface area contributed by atoms with Crippen LogP contribution in [0.2, 0.25) is 0 Å². The van der Waals surface area contributed by atoms with E-state index in [0.717, 1.165) is 0 Å². The third-order valence-corrected chi connectivity index (χ3v) is 0.365. The van der Waals surface area contributed by atoms with Crippen LogP contribution in [0, 0.1) is 0 Å². The third kappa shape index (κ3) is 1.52. The van der Waals surface area contributed by atoms with Crippen LogP contribution in [0.15, 0.2) is 12.2 Å². The first-order chi connectivity index (χ1) is 2.64. The first-order valence-corrected chi connectivity index (χ1v) is 1.53. The molecule has 0 aliphatic carbocycles. The molecule has 0 aliphatic rings. The lowest BCUT2D eigenvalue weighted by atomic mass is 10.4. The Kier molecular flexibility index (Phi) is 1.39. The summed E-state index contributed by atoms with van der Waals surface area (Å²) in [5.74, 6) is -0.935. The second-order valence-electron chi connectivity index (χ2n) is 1.09. The molecule has 1 N–H and O–H groups in total. The highest BCUT2D eigenvalue weighted by Crippen LogP contribution is 1.81. The maximum atomic E-state index is 9.60. The molecule has 6 heavy (non-hydrogen) atoms. The van der Waals surface area contributed by atoms with Gasteiger partial charge in [-0.2, -0.15) is 0 Å². The zero-order valence-electron chi connectivity index (χ0n) is 4.56. The van der Waals surface area contributed by atoms with Crippen molar-refractivity contribution in [1.29, 1.82) is 0 Å². The molecule has 0 aliphatic heterocycles. The molecule has 1 radical (unpaired) electrons. The summed E-state index contributed by atoms with van der Waals surface area (Å²) in [5.41, 5.74) is 0.176. The van der Waals surface area contributed by atoms with E-state index in [4.69, 9.17) is 5.11 Å². The van der Waals surface area contributed by atoms with E-state index >= 15 is 0 Å². The van der Waals surface area contributed by atoms with Crippen molar-refractivity contribution in [2.45, 2.75) is 6.92 Å². The minimum Gasteiger partial charge on any atom is -0.478 e. The van der Waals surface area contributed by atoms with Crippen molar-refractivity contribution in [2.24, 2.45) is 0 Å². The number of carboxylic acids is 1. The van der Waals surface area contributed by atoms with Gasteiger partial charge in [0.05, 0.1) is 0 Å². The van der Waals surface area contributed by atoms with Crippen molar-refractivity contribution < 1.29 is 11.3 Å². The molecular weight excluding hydrogens is 80.0 g/mol. The lowest BCUT2D eigenvalue weighted by Gasteiger charge is -1.79. The van der Waals surface area contributed by atoms with E-state index in [1.165, 1.54) is 6.92 Å². The molecule has 35 valence electrons. The van der Waals surface area contributed by atoms with Crippen molar-refractivity contribution in [3.63, 3.8) is 0 Å². The van der Waals surface area contributed by atoms with Gasteiger partial charge in [0.25, 0.3) is 0 Å². The number of aliphatic carboxylic acids is 1. The molecule has 2 nitrogen and oxygen atoms in total. The molecule has 0 rings (SSSR count). The maximum absolute atomic E-state index is 9.60. The van der Waals surface area contributed by atoms with Gasteiger partial charge in [-0.25, -0.2) is 4.79 Å². The maximum Gasteiger partial charge on any atom is 0.330 e. The summed E-state index contributed by atoms with van der Waals surface area (Å²) < 4.78 is 0. The molecule has 0 saturated heterocycles. The lowest BCUT2D eigenvalue weighted by molar-refractivity contribution is -0.132. The normalized spacial score (nSPS) is 7.50. The van der Waals surface area contributed by atoms with Gasteiger partial charge in [0.2, 0.25) is 0 Å². The second kappa shape index (κ2) is 1.60. The van der Waals surface area contributed by atoms with Gasteiger partial charge in [-0.15, -0.1) is 0 Å². The first-order valence-electron chi connectivity index (χ1n) is 1.53. The Bertz CT molecular complexity index is 75.7. The monoisotopic (exact) mass is 87.0 g/mol. The topological polar surface area (TPSA) is 37.3 Å². The number of hydrogen-bond acceptors (Lipinski definition) is 1. The average molecular weight is 87.1 g/mol. The summed E-state index contributed by atoms with van der Waals surface area (Å²) in [6.45, 7) is 4.60. The minimum atomic E-state index is -0.935. The van der Waals surface area contributed by atoms with Crippen LogP contribution in [-0.2, 0) is 4.79 Å². The summed E-state index contributed by atoms with van der Waals surface area (Å²) in [7, 11) is 0. The van der Waals surface area contributed by atoms with Gasteiger partial charge in [0.15, 0.2) is 0 Å². The number of carbonyl (C=O) groups is 1. The summed E-state index contributed by atoms with van der Waals surface area (Å²) in [6.07, 6.45) is 0. The fraction of sp³-hybridized carbons (Fsp3) is 0.250. The Hall–Kier alpha value is -0.790. The SMILES string of the molecule is C=C(C)C(=O)O.[H]. The van der Waals surface area contributed by atoms with Crippen LogP contribution >= 0.6 is 0 Å². The van der Waals surface area contributed by atoms with E-state index in [-0.39, 0.29) is 7.00 Å². The fourth-order valence-electron chi connectivity index (χ4n) is 0. The molecule has 0 unspecified atom stereocenters. The Morgan fingerprint density at radius 1 is 2.00 bits per heavy atom. The summed E-state index contributed by atoms with van der Waals surface area (Å²) in [4.78, 5) is 9.60. The molecule has 0 aromatic carbocycles. The van der Waals surface area contributed by atoms with E-state index in [9.17, 15) is 4.79 Å². The molecule has 0 amide bonds. The lowest BCUT2D eigenvalue weighted by Crippen LogP contribution is -1.92. The van der Waals surface area contributed by atoms with E-state index in [1.807, 2.05) is 0 Å². The molecule has 0 atom stereocenters. The fourth-order valence-corrected chi connectivity index (χ4v) is 0. The zero-order valence-corrected chi connectivity index (χ0v) is 3.56. The smallest absolute Gasteiger partial charge is 0.330 e. The van der Waals surface area contributed by atoms with Crippen molar-refractivity contribution in [2.75, 3.05) is 0 Å². The highest BCUT2D eigenvalue weighted by atomic mass is 16.4. The number of hydrogen-bond donors (Lipinski definition) is 1. The minimum absolute atomic E-state index is 0. The Balaban J connectivity index is 0. The third-order valence-electron chi connectivity index (χ3n) is 0.365. The predicted molar refractivity (Wildman–Crippen MR) is 23.6 cm³/mol. The van der Waals surface area contributed by atoms with Crippen molar-refractivity contribution >= 4 is 5.97 Å². The van der Waals surface area contributed by atoms with Crippen molar-refractivity contribution in [3.05, 3.63) is 12.2 Å². The van der Waals surface area contributed by atoms with Gasteiger partial charge in [-0.1, -0.05) is 6.58 Å². The Labute approximate surface area is 37.6 Å². The van der Waals surface area contributed by atoms with Gasteiger partial charge in [0.1, 0.15) is 0 Å². The van der Waals surface area contributed by atoms with Crippen LogP contribution in [0.4, 0.5) is 0 Å². The Morgan fingerprint density at radius 3 is 2.17 bits per heavy atom. The van der Waals surface area contributed by atoms with Crippen LogP contribution in [0.3, 0.4) is 0 Å². The standard InChI is InChI=1S/C4H6O2.H/c1-3(2)4(5)6;/h1H2,2H3,(H,5,6);. The summed E-state index contributed by atoms with van der Waals surface area (Å²) in [6, 6.07) is 0. The first kappa shape index (κ1) is 5.21. The summed E-state index contributed by atoms with van der Waals surface area (Å²) in [5, 5.41) is 7.89. The summed E-state index contributed by atoms with van der Waals surface area (Å²) >= 11 is 0. The van der Waals surface area contributed by atoms with Crippen LogP contribution in [0.1, 0.15) is 8.35 Å². The highest BCUT2D eigenvalue weighted by molar-refractivity contribution is 5.84. The highest BCUT2D eigenvalue weighted by Gasteiger charge is 1.90. The van der Waals surface area contributed by atoms with Gasteiger partial charge < -0.3 is 5.11 Å². The molecule has 0 aromatic rings. The van der Waals surface area contributed by atoms with Crippen LogP contribution in [-0.4, -0.2) is 11.1 Å². The van der Waals surface area contributed by atoms with Crippen molar-refractivity contribution in [3.8, 4) is 0 Å². The van der Waals surface area contributed by atoms with Crippen LogP contribution in [0.5, 0.6) is 0 Å².